The predicted molar refractivity (Wildman–Crippen MR) is 83.9 cm³/mol. The molecular formula is C13H18N6O3S. The number of pyridine rings is 1. The van der Waals surface area contributed by atoms with E-state index in [1.807, 2.05) is 12.1 Å². The highest BCUT2D eigenvalue weighted by Gasteiger charge is 2.30. The number of nitrogens with one attached hydrogen (secondary N) is 2. The summed E-state index contributed by atoms with van der Waals surface area (Å²) in [5.74, 6) is -0.0325. The Hall–Kier alpha value is -2.04. The second-order valence-corrected chi connectivity index (χ2v) is 7.20. The lowest BCUT2D eigenvalue weighted by molar-refractivity contribution is -0.121. The van der Waals surface area contributed by atoms with E-state index in [0.29, 0.717) is 37.5 Å². The van der Waals surface area contributed by atoms with Crippen molar-refractivity contribution in [2.45, 2.75) is 12.8 Å². The van der Waals surface area contributed by atoms with Gasteiger partial charge in [-0.25, -0.2) is 4.72 Å². The maximum absolute atomic E-state index is 12.4. The number of carbonyl (C=O) groups is 1. The fraction of sp³-hybridized carbons (Fsp3) is 0.462. The molecule has 124 valence electrons. The van der Waals surface area contributed by atoms with Gasteiger partial charge in [-0.2, -0.15) is 12.7 Å². The molecule has 0 bridgehead atoms. The van der Waals surface area contributed by atoms with Crippen LogP contribution >= 0.6 is 0 Å². The zero-order valence-electron chi connectivity index (χ0n) is 12.6. The van der Waals surface area contributed by atoms with Gasteiger partial charge in [-0.3, -0.25) is 14.5 Å². The minimum Gasteiger partial charge on any atom is -0.294 e. The van der Waals surface area contributed by atoms with Gasteiger partial charge in [-0.05, 0) is 25.0 Å². The first-order valence-corrected chi connectivity index (χ1v) is 8.74. The summed E-state index contributed by atoms with van der Waals surface area (Å²) >= 11 is 0. The van der Waals surface area contributed by atoms with Crippen molar-refractivity contribution in [3.63, 3.8) is 0 Å². The lowest BCUT2D eigenvalue weighted by Gasteiger charge is -2.29. The van der Waals surface area contributed by atoms with E-state index in [1.165, 1.54) is 11.4 Å². The number of anilines is 1. The molecule has 9 nitrogen and oxygen atoms in total. The number of rotatable bonds is 4. The summed E-state index contributed by atoms with van der Waals surface area (Å²) < 4.78 is 28.8. The standard InChI is InChI=1S/C13H18N6O3S/c1-14-23(21,22)18-8-5-10(6-9-18)12(20)15-13-17-16-11-4-2-3-7-19(11)13/h2-4,7,10,14H,5-6,8-9H2,1H3,(H,15,17,20). The van der Waals surface area contributed by atoms with E-state index in [9.17, 15) is 13.2 Å². The van der Waals surface area contributed by atoms with E-state index >= 15 is 0 Å². The third kappa shape index (κ3) is 3.19. The van der Waals surface area contributed by atoms with Crippen molar-refractivity contribution >= 4 is 27.7 Å². The summed E-state index contributed by atoms with van der Waals surface area (Å²) in [4.78, 5) is 12.4. The van der Waals surface area contributed by atoms with Gasteiger partial charge in [-0.1, -0.05) is 6.07 Å². The molecule has 3 rings (SSSR count). The van der Waals surface area contributed by atoms with Gasteiger partial charge in [0.2, 0.25) is 11.9 Å². The van der Waals surface area contributed by atoms with Crippen molar-refractivity contribution in [2.75, 3.05) is 25.5 Å². The van der Waals surface area contributed by atoms with E-state index in [1.54, 1.807) is 16.7 Å². The zero-order chi connectivity index (χ0) is 16.4. The van der Waals surface area contributed by atoms with Crippen molar-refractivity contribution in [3.05, 3.63) is 24.4 Å². The Kier molecular flexibility index (Phi) is 4.28. The Balaban J connectivity index is 1.64. The number of fused-ring (bicyclic) bond motifs is 1. The summed E-state index contributed by atoms with van der Waals surface area (Å²) in [6.07, 6.45) is 2.72. The molecule has 0 unspecified atom stereocenters. The summed E-state index contributed by atoms with van der Waals surface area (Å²) in [5, 5.41) is 10.7. The minimum atomic E-state index is -3.42. The van der Waals surface area contributed by atoms with Crippen molar-refractivity contribution in [1.29, 1.82) is 0 Å². The van der Waals surface area contributed by atoms with Crippen LogP contribution in [0.1, 0.15) is 12.8 Å². The largest absolute Gasteiger partial charge is 0.294 e. The molecule has 0 spiro atoms. The Morgan fingerprint density at radius 2 is 2.00 bits per heavy atom. The number of amides is 1. The van der Waals surface area contributed by atoms with E-state index in [4.69, 9.17) is 0 Å². The van der Waals surface area contributed by atoms with Gasteiger partial charge in [0.15, 0.2) is 5.65 Å². The van der Waals surface area contributed by atoms with Crippen LogP contribution in [0.15, 0.2) is 24.4 Å². The SMILES string of the molecule is CNS(=O)(=O)N1CCC(C(=O)Nc2nnc3ccccn23)CC1. The van der Waals surface area contributed by atoms with Crippen LogP contribution in [0.3, 0.4) is 0 Å². The molecular weight excluding hydrogens is 320 g/mol. The van der Waals surface area contributed by atoms with Crippen LogP contribution in [0.4, 0.5) is 5.95 Å². The van der Waals surface area contributed by atoms with Crippen LogP contribution in [0, 0.1) is 5.92 Å². The molecule has 1 aliphatic rings. The number of carbonyl (C=O) groups excluding carboxylic acids is 1. The topological polar surface area (TPSA) is 109 Å². The van der Waals surface area contributed by atoms with Gasteiger partial charge in [0.1, 0.15) is 0 Å². The number of piperidine rings is 1. The maximum Gasteiger partial charge on any atom is 0.279 e. The Labute approximate surface area is 133 Å². The molecule has 2 aromatic heterocycles. The van der Waals surface area contributed by atoms with Crippen LogP contribution < -0.4 is 10.0 Å². The first-order chi connectivity index (χ1) is 11.0. The van der Waals surface area contributed by atoms with Gasteiger partial charge in [0.25, 0.3) is 10.2 Å². The van der Waals surface area contributed by atoms with E-state index < -0.39 is 10.2 Å². The number of aromatic nitrogens is 3. The lowest BCUT2D eigenvalue weighted by atomic mass is 9.97. The average molecular weight is 338 g/mol. The number of hydrogen-bond acceptors (Lipinski definition) is 5. The third-order valence-electron chi connectivity index (χ3n) is 3.97. The fourth-order valence-corrected chi connectivity index (χ4v) is 3.58. The molecule has 2 aromatic rings. The lowest BCUT2D eigenvalue weighted by Crippen LogP contribution is -2.45. The molecule has 3 heterocycles. The first-order valence-electron chi connectivity index (χ1n) is 7.30. The quantitative estimate of drug-likeness (QED) is 0.805. The molecule has 1 saturated heterocycles. The van der Waals surface area contributed by atoms with Crippen LogP contribution in [-0.4, -0.2) is 53.4 Å². The second-order valence-electron chi connectivity index (χ2n) is 5.32. The van der Waals surface area contributed by atoms with Crippen LogP contribution in [0.2, 0.25) is 0 Å². The normalized spacial score (nSPS) is 17.4. The van der Waals surface area contributed by atoms with Crippen molar-refractivity contribution in [3.8, 4) is 0 Å². The predicted octanol–water partition coefficient (Wildman–Crippen LogP) is -0.156. The van der Waals surface area contributed by atoms with Crippen LogP contribution in [-0.2, 0) is 15.0 Å². The first kappa shape index (κ1) is 15.8. The number of hydrogen-bond donors (Lipinski definition) is 2. The van der Waals surface area contributed by atoms with Crippen molar-refractivity contribution in [2.24, 2.45) is 5.92 Å². The molecule has 10 heteroatoms. The number of nitrogens with zero attached hydrogens (tertiary/aromatic N) is 4. The van der Waals surface area contributed by atoms with Crippen molar-refractivity contribution in [1.82, 2.24) is 23.6 Å². The molecule has 1 fully saturated rings. The highest BCUT2D eigenvalue weighted by Crippen LogP contribution is 2.20. The maximum atomic E-state index is 12.4. The second kappa shape index (κ2) is 6.22. The molecule has 1 amide bonds. The van der Waals surface area contributed by atoms with Gasteiger partial charge >= 0.3 is 0 Å². The zero-order valence-corrected chi connectivity index (χ0v) is 13.5. The third-order valence-corrected chi connectivity index (χ3v) is 5.53. The van der Waals surface area contributed by atoms with Crippen molar-refractivity contribution < 1.29 is 13.2 Å². The molecule has 0 atom stereocenters. The van der Waals surface area contributed by atoms with Gasteiger partial charge < -0.3 is 0 Å². The molecule has 1 aliphatic heterocycles. The Morgan fingerprint density at radius 3 is 2.70 bits per heavy atom. The van der Waals surface area contributed by atoms with Gasteiger partial charge in [0, 0.05) is 32.3 Å². The summed E-state index contributed by atoms with van der Waals surface area (Å²) in [6.45, 7) is 0.643. The highest BCUT2D eigenvalue weighted by atomic mass is 32.2. The molecule has 0 aliphatic carbocycles. The Morgan fingerprint density at radius 1 is 1.26 bits per heavy atom. The summed E-state index contributed by atoms with van der Waals surface area (Å²) in [6, 6.07) is 5.46. The summed E-state index contributed by atoms with van der Waals surface area (Å²) in [5.41, 5.74) is 0.651. The van der Waals surface area contributed by atoms with Gasteiger partial charge in [0.05, 0.1) is 0 Å². The smallest absolute Gasteiger partial charge is 0.279 e. The monoisotopic (exact) mass is 338 g/mol. The molecule has 23 heavy (non-hydrogen) atoms. The van der Waals surface area contributed by atoms with Gasteiger partial charge in [-0.15, -0.1) is 10.2 Å². The van der Waals surface area contributed by atoms with E-state index in [2.05, 4.69) is 20.2 Å². The molecule has 0 radical (unpaired) electrons. The minimum absolute atomic E-state index is 0.162. The molecule has 0 saturated carbocycles. The highest BCUT2D eigenvalue weighted by molar-refractivity contribution is 7.87. The fourth-order valence-electron chi connectivity index (χ4n) is 2.63. The van der Waals surface area contributed by atoms with E-state index in [0.717, 1.165) is 0 Å². The van der Waals surface area contributed by atoms with Crippen LogP contribution in [0.5, 0.6) is 0 Å². The van der Waals surface area contributed by atoms with Crippen LogP contribution in [0.25, 0.3) is 5.65 Å². The molecule has 2 N–H and O–H groups in total. The average Bonchev–Trinajstić information content (AvgIpc) is 2.98. The Bertz CT molecular complexity index is 810. The molecule has 0 aromatic carbocycles. The summed E-state index contributed by atoms with van der Waals surface area (Å²) in [7, 11) is -2.04. The van der Waals surface area contributed by atoms with E-state index in [-0.39, 0.29) is 11.8 Å².